The van der Waals surface area contributed by atoms with Crippen molar-refractivity contribution < 1.29 is 4.74 Å². The van der Waals surface area contributed by atoms with E-state index in [1.807, 2.05) is 30.0 Å². The zero-order valence-electron chi connectivity index (χ0n) is 16.5. The molecule has 0 unspecified atom stereocenters. The lowest BCUT2D eigenvalue weighted by molar-refractivity contribution is 0.409. The Hall–Kier alpha value is -1.61. The van der Waals surface area contributed by atoms with E-state index in [2.05, 4.69) is 50.9 Å². The average molecular weight is 512 g/mol. The Bertz CT molecular complexity index is 748. The van der Waals surface area contributed by atoms with Crippen LogP contribution in [-0.2, 0) is 13.1 Å². The standard InChI is InChI=1S/C21H28N4OS.HI/c1-22-21(24-16-18-5-3-4-6-20(18)26-2)23-15-17-7-9-19(10-8-17)25-11-13-27-14-12-25;/h3-10H,11-16H2,1-2H3,(H2,22,23,24);1H. The third-order valence-corrected chi connectivity index (χ3v) is 5.58. The lowest BCUT2D eigenvalue weighted by Gasteiger charge is -2.28. The lowest BCUT2D eigenvalue weighted by atomic mass is 10.2. The number of hydrogen-bond acceptors (Lipinski definition) is 4. The smallest absolute Gasteiger partial charge is 0.191 e. The summed E-state index contributed by atoms with van der Waals surface area (Å²) in [4.78, 5) is 6.77. The highest BCUT2D eigenvalue weighted by Gasteiger charge is 2.10. The fraction of sp³-hybridized carbons (Fsp3) is 0.381. The highest BCUT2D eigenvalue weighted by Crippen LogP contribution is 2.20. The topological polar surface area (TPSA) is 48.9 Å². The minimum absolute atomic E-state index is 0. The van der Waals surface area contributed by atoms with Crippen LogP contribution in [0.3, 0.4) is 0 Å². The first-order chi connectivity index (χ1) is 13.3. The summed E-state index contributed by atoms with van der Waals surface area (Å²) >= 11 is 2.04. The Balaban J connectivity index is 0.00000280. The van der Waals surface area contributed by atoms with Crippen LogP contribution < -0.4 is 20.3 Å². The second kappa shape index (κ2) is 12.1. The molecule has 0 bridgehead atoms. The van der Waals surface area contributed by atoms with Crippen LogP contribution in [0.15, 0.2) is 53.5 Å². The zero-order chi connectivity index (χ0) is 18.9. The van der Waals surface area contributed by atoms with Crippen molar-refractivity contribution in [3.05, 3.63) is 59.7 Å². The number of guanidine groups is 1. The largest absolute Gasteiger partial charge is 0.496 e. The predicted molar refractivity (Wildman–Crippen MR) is 131 cm³/mol. The van der Waals surface area contributed by atoms with Gasteiger partial charge in [0, 0.05) is 56.0 Å². The second-order valence-electron chi connectivity index (χ2n) is 6.36. The van der Waals surface area contributed by atoms with Crippen LogP contribution in [0.1, 0.15) is 11.1 Å². The summed E-state index contributed by atoms with van der Waals surface area (Å²) in [7, 11) is 3.48. The molecule has 2 N–H and O–H groups in total. The number of ether oxygens (including phenoxy) is 1. The summed E-state index contributed by atoms with van der Waals surface area (Å²) in [6, 6.07) is 16.8. The highest BCUT2D eigenvalue weighted by atomic mass is 127. The van der Waals surface area contributed by atoms with Crippen LogP contribution in [0, 0.1) is 0 Å². The van der Waals surface area contributed by atoms with Crippen molar-refractivity contribution in [3.8, 4) is 5.75 Å². The minimum Gasteiger partial charge on any atom is -0.496 e. The molecular formula is C21H29IN4OS. The van der Waals surface area contributed by atoms with Gasteiger partial charge < -0.3 is 20.3 Å². The van der Waals surface area contributed by atoms with E-state index < -0.39 is 0 Å². The van der Waals surface area contributed by atoms with Crippen molar-refractivity contribution in [1.82, 2.24) is 10.6 Å². The third-order valence-electron chi connectivity index (χ3n) is 4.63. The van der Waals surface area contributed by atoms with Crippen molar-refractivity contribution in [3.63, 3.8) is 0 Å². The molecule has 1 saturated heterocycles. The van der Waals surface area contributed by atoms with Crippen LogP contribution in [0.25, 0.3) is 0 Å². The number of benzene rings is 2. The van der Waals surface area contributed by atoms with E-state index in [0.717, 1.165) is 36.9 Å². The molecule has 0 spiro atoms. The zero-order valence-corrected chi connectivity index (χ0v) is 19.6. The normalized spacial score (nSPS) is 14.2. The summed E-state index contributed by atoms with van der Waals surface area (Å²) in [6.45, 7) is 3.68. The molecule has 0 atom stereocenters. The second-order valence-corrected chi connectivity index (χ2v) is 7.58. The minimum atomic E-state index is 0. The Kier molecular flexibility index (Phi) is 9.77. The maximum absolute atomic E-state index is 5.40. The number of halogens is 1. The Morgan fingerprint density at radius 3 is 2.39 bits per heavy atom. The molecule has 152 valence electrons. The van der Waals surface area contributed by atoms with Gasteiger partial charge in [-0.1, -0.05) is 30.3 Å². The van der Waals surface area contributed by atoms with Gasteiger partial charge in [-0.25, -0.2) is 0 Å². The Labute approximate surface area is 189 Å². The summed E-state index contributed by atoms with van der Waals surface area (Å²) in [5, 5.41) is 6.72. The van der Waals surface area contributed by atoms with Crippen LogP contribution in [0.4, 0.5) is 5.69 Å². The summed E-state index contributed by atoms with van der Waals surface area (Å²) in [6.07, 6.45) is 0. The van der Waals surface area contributed by atoms with Gasteiger partial charge in [0.25, 0.3) is 0 Å². The molecule has 0 aromatic heterocycles. The van der Waals surface area contributed by atoms with Crippen molar-refractivity contribution in [2.24, 2.45) is 4.99 Å². The van der Waals surface area contributed by atoms with E-state index in [9.17, 15) is 0 Å². The lowest BCUT2D eigenvalue weighted by Crippen LogP contribution is -2.36. The van der Waals surface area contributed by atoms with Gasteiger partial charge in [0.05, 0.1) is 7.11 Å². The quantitative estimate of drug-likeness (QED) is 0.351. The van der Waals surface area contributed by atoms with Gasteiger partial charge in [-0.3, -0.25) is 4.99 Å². The van der Waals surface area contributed by atoms with Crippen molar-refractivity contribution in [2.45, 2.75) is 13.1 Å². The molecule has 28 heavy (non-hydrogen) atoms. The van der Waals surface area contributed by atoms with E-state index >= 15 is 0 Å². The van der Waals surface area contributed by atoms with Crippen LogP contribution in [0.5, 0.6) is 5.75 Å². The van der Waals surface area contributed by atoms with Crippen molar-refractivity contribution in [2.75, 3.05) is 43.7 Å². The Morgan fingerprint density at radius 2 is 1.71 bits per heavy atom. The van der Waals surface area contributed by atoms with Gasteiger partial charge in [-0.15, -0.1) is 24.0 Å². The molecule has 7 heteroatoms. The maximum Gasteiger partial charge on any atom is 0.191 e. The molecule has 0 radical (unpaired) electrons. The number of methoxy groups -OCH3 is 1. The maximum atomic E-state index is 5.40. The summed E-state index contributed by atoms with van der Waals surface area (Å²) in [5.74, 6) is 4.10. The molecule has 1 aliphatic rings. The number of aliphatic imine (C=N–C) groups is 1. The molecule has 0 amide bonds. The monoisotopic (exact) mass is 512 g/mol. The summed E-state index contributed by atoms with van der Waals surface area (Å²) < 4.78 is 5.40. The molecule has 2 aromatic carbocycles. The third kappa shape index (κ3) is 6.48. The Morgan fingerprint density at radius 1 is 1.04 bits per heavy atom. The van der Waals surface area contributed by atoms with Crippen LogP contribution >= 0.6 is 35.7 Å². The molecule has 1 heterocycles. The van der Waals surface area contributed by atoms with Crippen LogP contribution in [0.2, 0.25) is 0 Å². The van der Waals surface area contributed by atoms with Crippen molar-refractivity contribution >= 4 is 47.4 Å². The molecule has 1 aliphatic heterocycles. The number of nitrogens with zero attached hydrogens (tertiary/aromatic N) is 2. The van der Waals surface area contributed by atoms with E-state index in [-0.39, 0.29) is 24.0 Å². The predicted octanol–water partition coefficient (Wildman–Crippen LogP) is 3.73. The van der Waals surface area contributed by atoms with Crippen molar-refractivity contribution in [1.29, 1.82) is 0 Å². The highest BCUT2D eigenvalue weighted by molar-refractivity contribution is 14.0. The van der Waals surface area contributed by atoms with Gasteiger partial charge in [0.1, 0.15) is 5.75 Å². The number of thioether (sulfide) groups is 1. The number of rotatable bonds is 6. The molecule has 0 saturated carbocycles. The fourth-order valence-electron chi connectivity index (χ4n) is 3.08. The van der Waals surface area contributed by atoms with E-state index in [4.69, 9.17) is 4.74 Å². The van der Waals surface area contributed by atoms with Gasteiger partial charge >= 0.3 is 0 Å². The van der Waals surface area contributed by atoms with Gasteiger partial charge in [-0.05, 0) is 23.8 Å². The van der Waals surface area contributed by atoms with E-state index in [1.165, 1.54) is 22.8 Å². The summed E-state index contributed by atoms with van der Waals surface area (Å²) in [5.41, 5.74) is 3.66. The number of nitrogens with one attached hydrogen (secondary N) is 2. The molecule has 1 fully saturated rings. The van der Waals surface area contributed by atoms with Gasteiger partial charge in [-0.2, -0.15) is 11.8 Å². The van der Waals surface area contributed by atoms with Gasteiger partial charge in [0.15, 0.2) is 5.96 Å². The first-order valence-corrected chi connectivity index (χ1v) is 10.4. The van der Waals surface area contributed by atoms with E-state index in [0.29, 0.717) is 6.54 Å². The molecule has 2 aromatic rings. The first kappa shape index (κ1) is 22.7. The average Bonchev–Trinajstić information content (AvgIpc) is 2.75. The number of hydrogen-bond donors (Lipinski definition) is 2. The molecule has 3 rings (SSSR count). The molecule has 5 nitrogen and oxygen atoms in total. The number of para-hydroxylation sites is 1. The first-order valence-electron chi connectivity index (χ1n) is 9.28. The molecular weight excluding hydrogens is 483 g/mol. The number of anilines is 1. The SMILES string of the molecule is CN=C(NCc1ccc(N2CCSCC2)cc1)NCc1ccccc1OC.I. The van der Waals surface area contributed by atoms with Crippen LogP contribution in [-0.4, -0.2) is 44.7 Å². The van der Waals surface area contributed by atoms with E-state index in [1.54, 1.807) is 14.2 Å². The fourth-order valence-corrected chi connectivity index (χ4v) is 3.98. The van der Waals surface area contributed by atoms with Gasteiger partial charge in [0.2, 0.25) is 0 Å². The molecule has 0 aliphatic carbocycles.